The third kappa shape index (κ3) is 6.19. The van der Waals surface area contributed by atoms with Gasteiger partial charge < -0.3 is 14.8 Å². The first-order chi connectivity index (χ1) is 16.0. The van der Waals surface area contributed by atoms with E-state index in [9.17, 15) is 4.79 Å². The van der Waals surface area contributed by atoms with Gasteiger partial charge in [0.2, 0.25) is 0 Å². The van der Waals surface area contributed by atoms with Gasteiger partial charge in [-0.2, -0.15) is 0 Å². The minimum Gasteiger partial charge on any atom is -0.490 e. The Labute approximate surface area is 210 Å². The summed E-state index contributed by atoms with van der Waals surface area (Å²) in [6.45, 7) is 2.73. The summed E-state index contributed by atoms with van der Waals surface area (Å²) in [5, 5.41) is 4.00. The average Bonchev–Trinajstić information content (AvgIpc) is 3.14. The highest BCUT2D eigenvalue weighted by Gasteiger charge is 2.24. The molecule has 0 aliphatic carbocycles. The Morgan fingerprint density at radius 2 is 1.85 bits per heavy atom. The van der Waals surface area contributed by atoms with Crippen LogP contribution in [0, 0.1) is 0 Å². The molecule has 1 amide bonds. The second kappa shape index (κ2) is 10.9. The Morgan fingerprint density at radius 1 is 1.06 bits per heavy atom. The van der Waals surface area contributed by atoms with Gasteiger partial charge in [0.1, 0.15) is 6.61 Å². The van der Waals surface area contributed by atoms with Crippen LogP contribution in [0.4, 0.5) is 5.69 Å². The fourth-order valence-electron chi connectivity index (χ4n) is 3.04. The number of hydrogen-bond acceptors (Lipinski definition) is 5. The second-order valence-electron chi connectivity index (χ2n) is 6.98. The molecule has 1 aliphatic heterocycles. The van der Waals surface area contributed by atoms with E-state index in [-0.39, 0.29) is 5.91 Å². The monoisotopic (exact) mass is 542 g/mol. The van der Waals surface area contributed by atoms with Crippen LogP contribution >= 0.6 is 39.3 Å². The van der Waals surface area contributed by atoms with Gasteiger partial charge in [0.25, 0.3) is 5.91 Å². The molecule has 0 radical (unpaired) electrons. The number of thioether (sulfide) groups is 1. The number of aliphatic imine (C=N–C) groups is 1. The van der Waals surface area contributed by atoms with Crippen LogP contribution in [-0.2, 0) is 11.4 Å². The SMILES string of the molecule is CCOc1cc(C=C2SC(=Nc3ccc(Br)cc3)NC2=O)ccc1OCc1ccccc1Cl. The van der Waals surface area contributed by atoms with Crippen molar-refractivity contribution < 1.29 is 14.3 Å². The van der Waals surface area contributed by atoms with Crippen LogP contribution in [0.2, 0.25) is 5.02 Å². The van der Waals surface area contributed by atoms with Gasteiger partial charge in [-0.3, -0.25) is 4.79 Å². The number of hydrogen-bond donors (Lipinski definition) is 1. The zero-order valence-corrected chi connectivity index (χ0v) is 20.8. The Kier molecular flexibility index (Phi) is 7.75. The lowest BCUT2D eigenvalue weighted by Gasteiger charge is -2.13. The lowest BCUT2D eigenvalue weighted by molar-refractivity contribution is -0.115. The molecule has 0 unspecified atom stereocenters. The zero-order valence-electron chi connectivity index (χ0n) is 17.7. The smallest absolute Gasteiger partial charge is 0.264 e. The molecule has 5 nitrogen and oxygen atoms in total. The van der Waals surface area contributed by atoms with Crippen LogP contribution < -0.4 is 14.8 Å². The van der Waals surface area contributed by atoms with E-state index in [1.165, 1.54) is 11.8 Å². The van der Waals surface area contributed by atoms with Crippen molar-refractivity contribution in [3.8, 4) is 11.5 Å². The van der Waals surface area contributed by atoms with E-state index in [4.69, 9.17) is 21.1 Å². The maximum Gasteiger partial charge on any atom is 0.264 e. The van der Waals surface area contributed by atoms with Crippen LogP contribution in [0.3, 0.4) is 0 Å². The first-order valence-electron chi connectivity index (χ1n) is 10.2. The molecule has 1 aliphatic rings. The third-order valence-electron chi connectivity index (χ3n) is 4.61. The van der Waals surface area contributed by atoms with Crippen molar-refractivity contribution in [1.82, 2.24) is 5.32 Å². The molecule has 0 atom stereocenters. The molecule has 1 N–H and O–H groups in total. The van der Waals surface area contributed by atoms with Crippen LogP contribution in [0.5, 0.6) is 11.5 Å². The van der Waals surface area contributed by atoms with Gasteiger partial charge in [-0.15, -0.1) is 0 Å². The van der Waals surface area contributed by atoms with Crippen molar-refractivity contribution in [2.45, 2.75) is 13.5 Å². The van der Waals surface area contributed by atoms with E-state index < -0.39 is 0 Å². The predicted molar refractivity (Wildman–Crippen MR) is 138 cm³/mol. The van der Waals surface area contributed by atoms with E-state index in [0.717, 1.165) is 21.3 Å². The van der Waals surface area contributed by atoms with E-state index in [2.05, 4.69) is 26.2 Å². The van der Waals surface area contributed by atoms with Gasteiger partial charge in [0, 0.05) is 15.1 Å². The van der Waals surface area contributed by atoms with E-state index in [1.54, 1.807) is 0 Å². The highest BCUT2D eigenvalue weighted by atomic mass is 79.9. The molecule has 33 heavy (non-hydrogen) atoms. The Hall–Kier alpha value is -2.74. The molecular weight excluding hydrogens is 524 g/mol. The predicted octanol–water partition coefficient (Wildman–Crippen LogP) is 6.97. The van der Waals surface area contributed by atoms with Crippen LogP contribution in [0.15, 0.2) is 81.1 Å². The quantitative estimate of drug-likeness (QED) is 0.327. The molecule has 1 saturated heterocycles. The minimum atomic E-state index is -0.187. The molecule has 0 spiro atoms. The molecule has 0 bridgehead atoms. The lowest BCUT2D eigenvalue weighted by Crippen LogP contribution is -2.19. The summed E-state index contributed by atoms with van der Waals surface area (Å²) in [7, 11) is 0. The van der Waals surface area contributed by atoms with Crippen LogP contribution in [0.1, 0.15) is 18.1 Å². The molecule has 4 rings (SSSR count). The van der Waals surface area contributed by atoms with Crippen molar-refractivity contribution in [1.29, 1.82) is 0 Å². The number of ether oxygens (including phenoxy) is 2. The van der Waals surface area contributed by atoms with Crippen molar-refractivity contribution in [2.24, 2.45) is 4.99 Å². The fraction of sp³-hybridized carbons (Fsp3) is 0.120. The molecule has 0 saturated carbocycles. The summed E-state index contributed by atoms with van der Waals surface area (Å²) in [5.74, 6) is 1.03. The lowest BCUT2D eigenvalue weighted by atomic mass is 10.2. The first kappa shape index (κ1) is 23.4. The Bertz CT molecular complexity index is 1230. The maximum atomic E-state index is 12.4. The number of carbonyl (C=O) groups excluding carboxylic acids is 1. The summed E-state index contributed by atoms with van der Waals surface area (Å²) >= 11 is 10.9. The molecular formula is C25H20BrClN2O3S. The third-order valence-corrected chi connectivity index (χ3v) is 6.42. The number of nitrogens with zero attached hydrogens (tertiary/aromatic N) is 1. The molecule has 3 aromatic carbocycles. The topological polar surface area (TPSA) is 59.9 Å². The fourth-order valence-corrected chi connectivity index (χ4v) is 4.33. The largest absolute Gasteiger partial charge is 0.490 e. The number of halogens is 2. The summed E-state index contributed by atoms with van der Waals surface area (Å²) in [5.41, 5.74) is 2.48. The number of nitrogens with one attached hydrogen (secondary N) is 1. The van der Waals surface area contributed by atoms with Crippen molar-refractivity contribution in [2.75, 3.05) is 6.61 Å². The maximum absolute atomic E-state index is 12.4. The first-order valence-corrected chi connectivity index (χ1v) is 12.2. The number of amidine groups is 1. The normalized spacial score (nSPS) is 15.7. The van der Waals surface area contributed by atoms with Crippen molar-refractivity contribution in [3.05, 3.63) is 92.3 Å². The molecule has 3 aromatic rings. The summed E-state index contributed by atoms with van der Waals surface area (Å²) in [4.78, 5) is 17.5. The highest BCUT2D eigenvalue weighted by molar-refractivity contribution is 9.10. The van der Waals surface area contributed by atoms with Crippen molar-refractivity contribution >= 4 is 62.1 Å². The second-order valence-corrected chi connectivity index (χ2v) is 9.33. The van der Waals surface area contributed by atoms with E-state index >= 15 is 0 Å². The van der Waals surface area contributed by atoms with Gasteiger partial charge in [-0.1, -0.05) is 51.8 Å². The average molecular weight is 544 g/mol. The van der Waals surface area contributed by atoms with Gasteiger partial charge in [-0.05, 0) is 72.8 Å². The Balaban J connectivity index is 1.51. The number of rotatable bonds is 7. The van der Waals surface area contributed by atoms with Gasteiger partial charge in [0.05, 0.1) is 17.2 Å². The van der Waals surface area contributed by atoms with E-state index in [0.29, 0.717) is 39.8 Å². The van der Waals surface area contributed by atoms with Gasteiger partial charge in [0.15, 0.2) is 16.7 Å². The molecule has 1 heterocycles. The molecule has 8 heteroatoms. The summed E-state index contributed by atoms with van der Waals surface area (Å²) in [6, 6.07) is 20.7. The Morgan fingerprint density at radius 3 is 2.61 bits per heavy atom. The van der Waals surface area contributed by atoms with Crippen molar-refractivity contribution in [3.63, 3.8) is 0 Å². The van der Waals surface area contributed by atoms with Gasteiger partial charge in [-0.25, -0.2) is 4.99 Å². The van der Waals surface area contributed by atoms with Crippen LogP contribution in [0.25, 0.3) is 6.08 Å². The summed E-state index contributed by atoms with van der Waals surface area (Å²) < 4.78 is 12.7. The van der Waals surface area contributed by atoms with Crippen LogP contribution in [-0.4, -0.2) is 17.7 Å². The molecule has 0 aromatic heterocycles. The molecule has 1 fully saturated rings. The molecule has 168 valence electrons. The number of benzene rings is 3. The number of amides is 1. The standard InChI is InChI=1S/C25H20BrClN2O3S/c1-2-31-22-13-16(7-12-21(22)32-15-17-5-3-4-6-20(17)27)14-23-24(30)29-25(33-23)28-19-10-8-18(26)9-11-19/h3-14H,2,15H2,1H3,(H,28,29,30). The minimum absolute atomic E-state index is 0.187. The van der Waals surface area contributed by atoms with E-state index in [1.807, 2.05) is 79.7 Å². The highest BCUT2D eigenvalue weighted by Crippen LogP contribution is 2.33. The summed E-state index contributed by atoms with van der Waals surface area (Å²) in [6.07, 6.45) is 1.81. The number of carbonyl (C=O) groups is 1. The zero-order chi connectivity index (χ0) is 23.2. The van der Waals surface area contributed by atoms with Gasteiger partial charge >= 0.3 is 0 Å².